The van der Waals surface area contributed by atoms with E-state index in [0.29, 0.717) is 12.3 Å². The summed E-state index contributed by atoms with van der Waals surface area (Å²) in [4.78, 5) is 24.6. The van der Waals surface area contributed by atoms with Gasteiger partial charge in [0.05, 0.1) is 19.1 Å². The van der Waals surface area contributed by atoms with Crippen molar-refractivity contribution in [2.24, 2.45) is 5.92 Å². The predicted molar refractivity (Wildman–Crippen MR) is 73.7 cm³/mol. The van der Waals surface area contributed by atoms with Crippen molar-refractivity contribution in [3.05, 3.63) is 29.8 Å². The van der Waals surface area contributed by atoms with Crippen molar-refractivity contribution in [2.45, 2.75) is 12.3 Å². The number of ether oxygens (including phenoxy) is 1. The monoisotopic (exact) mass is 288 g/mol. The maximum Gasteiger partial charge on any atom is 0.308 e. The van der Waals surface area contributed by atoms with Gasteiger partial charge in [0.15, 0.2) is 0 Å². The molecular weight excluding hydrogens is 272 g/mol. The van der Waals surface area contributed by atoms with Crippen LogP contribution < -0.4 is 4.74 Å². The molecule has 1 fully saturated rings. The van der Waals surface area contributed by atoms with Gasteiger partial charge < -0.3 is 14.7 Å². The lowest BCUT2D eigenvalue weighted by Gasteiger charge is -2.15. The van der Waals surface area contributed by atoms with Crippen molar-refractivity contribution in [2.75, 3.05) is 20.2 Å². The number of benzene rings is 1. The summed E-state index contributed by atoms with van der Waals surface area (Å²) in [5.74, 6) is -1.47. The predicted octanol–water partition coefficient (Wildman–Crippen LogP) is 1.24. The molecule has 21 heavy (non-hydrogen) atoms. The van der Waals surface area contributed by atoms with E-state index in [1.54, 1.807) is 25.3 Å². The lowest BCUT2D eigenvalue weighted by atomic mass is 9.89. The van der Waals surface area contributed by atoms with Gasteiger partial charge in [0.1, 0.15) is 12.2 Å². The molecule has 0 bridgehead atoms. The average molecular weight is 288 g/mol. The van der Waals surface area contributed by atoms with Gasteiger partial charge >= 0.3 is 5.97 Å². The lowest BCUT2D eigenvalue weighted by Crippen LogP contribution is -2.29. The molecule has 1 heterocycles. The number of hydrogen-bond acceptors (Lipinski definition) is 4. The summed E-state index contributed by atoms with van der Waals surface area (Å²) in [6.07, 6.45) is -0.221. The summed E-state index contributed by atoms with van der Waals surface area (Å²) in [5, 5.41) is 17.9. The number of likely N-dealkylation sites (tertiary alicyclic amines) is 1. The molecule has 1 aromatic rings. The number of methoxy groups -OCH3 is 1. The van der Waals surface area contributed by atoms with Crippen molar-refractivity contribution in [3.63, 3.8) is 0 Å². The summed E-state index contributed by atoms with van der Waals surface area (Å²) in [5.41, 5.74) is 0.857. The van der Waals surface area contributed by atoms with Crippen LogP contribution in [0.5, 0.6) is 5.75 Å². The van der Waals surface area contributed by atoms with Crippen molar-refractivity contribution in [1.82, 2.24) is 4.90 Å². The highest BCUT2D eigenvalue weighted by molar-refractivity contribution is 5.81. The number of aliphatic carboxylic acids is 1. The summed E-state index contributed by atoms with van der Waals surface area (Å²) in [6, 6.07) is 8.98. The number of carbonyl (C=O) groups is 2. The summed E-state index contributed by atoms with van der Waals surface area (Å²) in [7, 11) is 1.56. The second-order valence-corrected chi connectivity index (χ2v) is 4.96. The Kier molecular flexibility index (Phi) is 4.43. The highest BCUT2D eigenvalue weighted by Crippen LogP contribution is 2.34. The number of amides is 1. The molecule has 1 aliphatic heterocycles. The largest absolute Gasteiger partial charge is 0.497 e. The van der Waals surface area contributed by atoms with E-state index in [0.717, 1.165) is 5.56 Å². The van der Waals surface area contributed by atoms with E-state index in [9.17, 15) is 14.7 Å². The van der Waals surface area contributed by atoms with Crippen molar-refractivity contribution < 1.29 is 19.4 Å². The molecule has 1 aliphatic rings. The molecule has 0 aliphatic carbocycles. The Morgan fingerprint density at radius 1 is 1.38 bits per heavy atom. The van der Waals surface area contributed by atoms with E-state index in [2.05, 4.69) is 0 Å². The fourth-order valence-electron chi connectivity index (χ4n) is 2.63. The van der Waals surface area contributed by atoms with E-state index in [1.165, 1.54) is 4.90 Å². The molecule has 6 heteroatoms. The van der Waals surface area contributed by atoms with Gasteiger partial charge in [0, 0.05) is 19.0 Å². The fourth-order valence-corrected chi connectivity index (χ4v) is 2.63. The van der Waals surface area contributed by atoms with E-state index in [4.69, 9.17) is 10.00 Å². The molecule has 2 rings (SSSR count). The molecule has 0 aromatic heterocycles. The Bertz CT molecular complexity index is 576. The number of nitrogens with zero attached hydrogens (tertiary/aromatic N) is 2. The molecule has 6 nitrogen and oxygen atoms in total. The molecule has 1 saturated heterocycles. The second-order valence-electron chi connectivity index (χ2n) is 4.96. The molecule has 0 radical (unpaired) electrons. The summed E-state index contributed by atoms with van der Waals surface area (Å²) < 4.78 is 5.08. The van der Waals surface area contributed by atoms with Crippen LogP contribution in [0.4, 0.5) is 0 Å². The molecule has 0 saturated carbocycles. The number of rotatable bonds is 4. The number of hydrogen-bond donors (Lipinski definition) is 1. The average Bonchev–Trinajstić information content (AvgIpc) is 2.93. The van der Waals surface area contributed by atoms with Gasteiger partial charge in [0.25, 0.3) is 0 Å². The van der Waals surface area contributed by atoms with Crippen LogP contribution in [0.15, 0.2) is 24.3 Å². The zero-order valence-corrected chi connectivity index (χ0v) is 11.7. The van der Waals surface area contributed by atoms with Gasteiger partial charge in [-0.15, -0.1) is 0 Å². The number of carboxylic acids is 1. The van der Waals surface area contributed by atoms with Crippen LogP contribution >= 0.6 is 0 Å². The Labute approximate surface area is 122 Å². The van der Waals surface area contributed by atoms with Crippen LogP contribution in [0.25, 0.3) is 0 Å². The van der Waals surface area contributed by atoms with Crippen LogP contribution in [-0.4, -0.2) is 42.1 Å². The van der Waals surface area contributed by atoms with E-state index >= 15 is 0 Å². The third-order valence-corrected chi connectivity index (χ3v) is 3.76. The lowest BCUT2D eigenvalue weighted by molar-refractivity contribution is -0.141. The zero-order chi connectivity index (χ0) is 15.4. The maximum atomic E-state index is 11.8. The first-order valence-electron chi connectivity index (χ1n) is 6.58. The molecule has 1 aromatic carbocycles. The summed E-state index contributed by atoms with van der Waals surface area (Å²) in [6.45, 7) is 0.469. The van der Waals surface area contributed by atoms with Crippen molar-refractivity contribution in [1.29, 1.82) is 5.26 Å². The Balaban J connectivity index is 2.21. The fraction of sp³-hybridized carbons (Fsp3) is 0.400. The highest BCUT2D eigenvalue weighted by Gasteiger charge is 2.40. The second kappa shape index (κ2) is 6.27. The number of carbonyl (C=O) groups excluding carboxylic acids is 1. The van der Waals surface area contributed by atoms with Crippen LogP contribution in [-0.2, 0) is 9.59 Å². The topological polar surface area (TPSA) is 90.6 Å². The minimum absolute atomic E-state index is 0.145. The van der Waals surface area contributed by atoms with E-state index in [-0.39, 0.29) is 24.8 Å². The number of nitriles is 1. The molecule has 110 valence electrons. The SMILES string of the molecule is COc1ccc([C@@H]2CN(C(=O)CC#N)C[C@H]2C(=O)O)cc1. The smallest absolute Gasteiger partial charge is 0.308 e. The van der Waals surface area contributed by atoms with Crippen molar-refractivity contribution >= 4 is 11.9 Å². The van der Waals surface area contributed by atoms with Crippen LogP contribution in [0.3, 0.4) is 0 Å². The quantitative estimate of drug-likeness (QED) is 0.900. The third kappa shape index (κ3) is 3.14. The first-order chi connectivity index (χ1) is 10.1. The Morgan fingerprint density at radius 3 is 2.57 bits per heavy atom. The summed E-state index contributed by atoms with van der Waals surface area (Å²) >= 11 is 0. The third-order valence-electron chi connectivity index (χ3n) is 3.76. The first kappa shape index (κ1) is 14.9. The number of carboxylic acid groups (broad SMARTS) is 1. The Hall–Kier alpha value is -2.55. The van der Waals surface area contributed by atoms with Gasteiger partial charge in [-0.3, -0.25) is 9.59 Å². The Morgan fingerprint density at radius 2 is 2.05 bits per heavy atom. The standard InChI is InChI=1S/C15H16N2O4/c1-21-11-4-2-10(3-5-11)12-8-17(14(18)6-7-16)9-13(12)15(19)20/h2-5,12-13H,6,8-9H2,1H3,(H,19,20)/t12-,13+/m0/s1. The molecule has 0 unspecified atom stereocenters. The van der Waals surface area contributed by atoms with Gasteiger partial charge in [-0.2, -0.15) is 5.26 Å². The van der Waals surface area contributed by atoms with Crippen LogP contribution in [0, 0.1) is 17.2 Å². The normalized spacial score (nSPS) is 20.9. The van der Waals surface area contributed by atoms with Crippen LogP contribution in [0.1, 0.15) is 17.9 Å². The molecule has 2 atom stereocenters. The highest BCUT2D eigenvalue weighted by atomic mass is 16.5. The van der Waals surface area contributed by atoms with Gasteiger partial charge in [0.2, 0.25) is 5.91 Å². The van der Waals surface area contributed by atoms with Crippen molar-refractivity contribution in [3.8, 4) is 11.8 Å². The van der Waals surface area contributed by atoms with Gasteiger partial charge in [-0.1, -0.05) is 12.1 Å². The van der Waals surface area contributed by atoms with E-state index in [1.807, 2.05) is 12.1 Å². The minimum Gasteiger partial charge on any atom is -0.497 e. The zero-order valence-electron chi connectivity index (χ0n) is 11.7. The molecule has 0 spiro atoms. The molecule has 1 amide bonds. The minimum atomic E-state index is -0.928. The molecule has 1 N–H and O–H groups in total. The maximum absolute atomic E-state index is 11.8. The van der Waals surface area contributed by atoms with Crippen LogP contribution in [0.2, 0.25) is 0 Å². The van der Waals surface area contributed by atoms with Gasteiger partial charge in [-0.05, 0) is 17.7 Å². The molecular formula is C15H16N2O4. The van der Waals surface area contributed by atoms with E-state index < -0.39 is 11.9 Å². The first-order valence-corrected chi connectivity index (χ1v) is 6.58. The van der Waals surface area contributed by atoms with Gasteiger partial charge in [-0.25, -0.2) is 0 Å².